The molecule has 21 heavy (non-hydrogen) atoms. The summed E-state index contributed by atoms with van der Waals surface area (Å²) in [4.78, 5) is 16.4. The quantitative estimate of drug-likeness (QED) is 0.480. The highest BCUT2D eigenvalue weighted by molar-refractivity contribution is 14.1. The smallest absolute Gasteiger partial charge is 0.190 e. The van der Waals surface area contributed by atoms with Crippen LogP contribution < -0.4 is 4.74 Å². The van der Waals surface area contributed by atoms with Crippen LogP contribution in [0.4, 0.5) is 0 Å². The van der Waals surface area contributed by atoms with E-state index >= 15 is 0 Å². The highest BCUT2D eigenvalue weighted by atomic mass is 127. The van der Waals surface area contributed by atoms with Gasteiger partial charge >= 0.3 is 0 Å². The van der Waals surface area contributed by atoms with Crippen LogP contribution in [-0.2, 0) is 6.61 Å². The van der Waals surface area contributed by atoms with Crippen LogP contribution in [0.1, 0.15) is 21.5 Å². The zero-order valence-corrected chi connectivity index (χ0v) is 13.6. The molecule has 4 nitrogen and oxygen atoms in total. The Morgan fingerprint density at radius 1 is 1.48 bits per heavy atom. The van der Waals surface area contributed by atoms with Crippen LogP contribution in [0.25, 0.3) is 6.08 Å². The molecule has 0 atom stereocenters. The Hall–Kier alpha value is -1.73. The predicted octanol–water partition coefficient (Wildman–Crippen LogP) is 3.08. The molecule has 0 unspecified atom stereocenters. The van der Waals surface area contributed by atoms with E-state index in [0.29, 0.717) is 16.9 Å². The molecule has 5 heteroatoms. The fourth-order valence-corrected chi connectivity index (χ4v) is 2.79. The number of hydrogen-bond donors (Lipinski definition) is 1. The van der Waals surface area contributed by atoms with E-state index in [1.807, 2.05) is 12.1 Å². The van der Waals surface area contributed by atoms with E-state index in [1.54, 1.807) is 30.6 Å². The van der Waals surface area contributed by atoms with E-state index in [1.165, 1.54) is 13.2 Å². The van der Waals surface area contributed by atoms with Gasteiger partial charge in [0.05, 0.1) is 19.3 Å². The van der Waals surface area contributed by atoms with Gasteiger partial charge in [-0.3, -0.25) is 9.78 Å². The van der Waals surface area contributed by atoms with Crippen molar-refractivity contribution < 1.29 is 14.6 Å². The third-order valence-corrected chi connectivity index (χ3v) is 3.73. The number of benzene rings is 1. The summed E-state index contributed by atoms with van der Waals surface area (Å²) in [6.07, 6.45) is 6.57. The summed E-state index contributed by atoms with van der Waals surface area (Å²) >= 11 is 2.07. The van der Waals surface area contributed by atoms with Crippen molar-refractivity contribution in [2.45, 2.75) is 6.61 Å². The molecule has 2 rings (SSSR count). The summed E-state index contributed by atoms with van der Waals surface area (Å²) in [5.74, 6) is 0.316. The number of aliphatic hydroxyl groups excluding tert-OH is 1. The monoisotopic (exact) mass is 395 g/mol. The number of nitrogens with zero attached hydrogens (tertiary/aromatic N) is 1. The molecular weight excluding hydrogens is 381 g/mol. The third kappa shape index (κ3) is 3.89. The van der Waals surface area contributed by atoms with Crippen LogP contribution in [0.3, 0.4) is 0 Å². The highest BCUT2D eigenvalue weighted by Crippen LogP contribution is 2.27. The summed E-state index contributed by atoms with van der Waals surface area (Å²) in [5, 5.41) is 9.20. The minimum atomic E-state index is -0.149. The Morgan fingerprint density at radius 3 is 2.90 bits per heavy atom. The SMILES string of the molecule is COc1cc(CO)cc(I)c1C(=O)/C=C/c1cccnc1. The van der Waals surface area contributed by atoms with Gasteiger partial charge in [0, 0.05) is 16.0 Å². The van der Waals surface area contributed by atoms with Crippen molar-refractivity contribution in [3.05, 3.63) is 63.0 Å². The average molecular weight is 395 g/mol. The largest absolute Gasteiger partial charge is 0.496 e. The molecule has 1 aromatic carbocycles. The summed E-state index contributed by atoms with van der Waals surface area (Å²) < 4.78 is 6.01. The maximum atomic E-state index is 12.4. The van der Waals surface area contributed by atoms with Crippen LogP contribution in [-0.4, -0.2) is 23.0 Å². The number of ketones is 1. The van der Waals surface area contributed by atoms with Gasteiger partial charge in [0.1, 0.15) is 5.75 Å². The van der Waals surface area contributed by atoms with E-state index < -0.39 is 0 Å². The van der Waals surface area contributed by atoms with Gasteiger partial charge in [0.2, 0.25) is 0 Å². The average Bonchev–Trinajstić information content (AvgIpc) is 2.52. The van der Waals surface area contributed by atoms with Crippen LogP contribution in [0.15, 0.2) is 42.7 Å². The van der Waals surface area contributed by atoms with Crippen molar-refractivity contribution in [2.24, 2.45) is 0 Å². The molecule has 1 N–H and O–H groups in total. The Kier molecular flexibility index (Phi) is 5.46. The number of halogens is 1. The van der Waals surface area contributed by atoms with Crippen LogP contribution in [0, 0.1) is 3.57 Å². The molecule has 1 heterocycles. The van der Waals surface area contributed by atoms with E-state index in [0.717, 1.165) is 9.13 Å². The molecule has 0 saturated carbocycles. The fourth-order valence-electron chi connectivity index (χ4n) is 1.86. The number of aromatic nitrogens is 1. The second-order valence-corrected chi connectivity index (χ2v) is 5.46. The lowest BCUT2D eigenvalue weighted by Gasteiger charge is -2.10. The first kappa shape index (κ1) is 15.7. The maximum Gasteiger partial charge on any atom is 0.190 e. The molecule has 0 aliphatic heterocycles. The predicted molar refractivity (Wildman–Crippen MR) is 89.2 cm³/mol. The Morgan fingerprint density at radius 2 is 2.29 bits per heavy atom. The van der Waals surface area contributed by atoms with Crippen molar-refractivity contribution in [1.82, 2.24) is 4.98 Å². The summed E-state index contributed by atoms with van der Waals surface area (Å²) in [7, 11) is 1.51. The van der Waals surface area contributed by atoms with Crippen molar-refractivity contribution in [2.75, 3.05) is 7.11 Å². The van der Waals surface area contributed by atoms with Gasteiger partial charge in [-0.25, -0.2) is 0 Å². The number of allylic oxidation sites excluding steroid dienone is 1. The normalized spacial score (nSPS) is 10.8. The van der Waals surface area contributed by atoms with Gasteiger partial charge in [-0.15, -0.1) is 0 Å². The van der Waals surface area contributed by atoms with E-state index in [-0.39, 0.29) is 12.4 Å². The molecule has 0 radical (unpaired) electrons. The molecule has 1 aromatic heterocycles. The second kappa shape index (κ2) is 7.33. The number of carbonyl (C=O) groups excluding carboxylic acids is 1. The summed E-state index contributed by atoms with van der Waals surface area (Å²) in [5.41, 5.74) is 2.06. The third-order valence-electron chi connectivity index (χ3n) is 2.87. The number of rotatable bonds is 5. The number of aliphatic hydroxyl groups is 1. The molecular formula is C16H14INO3. The molecule has 0 bridgehead atoms. The van der Waals surface area contributed by atoms with Crippen molar-refractivity contribution in [3.63, 3.8) is 0 Å². The Bertz CT molecular complexity index is 669. The van der Waals surface area contributed by atoms with E-state index in [4.69, 9.17) is 4.74 Å². The molecule has 2 aromatic rings. The standard InChI is InChI=1S/C16H14INO3/c1-21-15-8-12(10-19)7-13(17)16(15)14(20)5-4-11-3-2-6-18-9-11/h2-9,19H,10H2,1H3/b5-4+. The highest BCUT2D eigenvalue weighted by Gasteiger charge is 2.15. The maximum absolute atomic E-state index is 12.4. The number of ether oxygens (including phenoxy) is 1. The summed E-state index contributed by atoms with van der Waals surface area (Å²) in [6, 6.07) is 7.12. The van der Waals surface area contributed by atoms with Gasteiger partial charge < -0.3 is 9.84 Å². The number of methoxy groups -OCH3 is 1. The van der Waals surface area contributed by atoms with Crippen LogP contribution in [0.2, 0.25) is 0 Å². The zero-order valence-electron chi connectivity index (χ0n) is 11.4. The Balaban J connectivity index is 2.33. The topological polar surface area (TPSA) is 59.4 Å². The summed E-state index contributed by atoms with van der Waals surface area (Å²) in [6.45, 7) is -0.0909. The van der Waals surface area contributed by atoms with Crippen molar-refractivity contribution >= 4 is 34.5 Å². The van der Waals surface area contributed by atoms with E-state index in [2.05, 4.69) is 27.6 Å². The molecule has 0 saturated heterocycles. The van der Waals surface area contributed by atoms with Crippen molar-refractivity contribution in [1.29, 1.82) is 0 Å². The van der Waals surface area contributed by atoms with Gasteiger partial charge in [0.25, 0.3) is 0 Å². The van der Waals surface area contributed by atoms with Gasteiger partial charge in [-0.2, -0.15) is 0 Å². The first-order valence-electron chi connectivity index (χ1n) is 6.25. The fraction of sp³-hybridized carbons (Fsp3) is 0.125. The number of pyridine rings is 1. The van der Waals surface area contributed by atoms with Gasteiger partial charge in [-0.05, 0) is 64.1 Å². The first-order valence-corrected chi connectivity index (χ1v) is 7.33. The van der Waals surface area contributed by atoms with Gasteiger partial charge in [-0.1, -0.05) is 6.07 Å². The second-order valence-electron chi connectivity index (χ2n) is 4.30. The van der Waals surface area contributed by atoms with E-state index in [9.17, 15) is 9.90 Å². The molecule has 0 fully saturated rings. The lowest BCUT2D eigenvalue weighted by molar-refractivity contribution is 0.104. The molecule has 0 spiro atoms. The number of hydrogen-bond acceptors (Lipinski definition) is 4. The zero-order chi connectivity index (χ0) is 15.2. The molecule has 0 aliphatic carbocycles. The Labute approximate surface area is 136 Å². The minimum Gasteiger partial charge on any atom is -0.496 e. The van der Waals surface area contributed by atoms with Gasteiger partial charge in [0.15, 0.2) is 5.78 Å². The molecule has 108 valence electrons. The minimum absolute atomic E-state index is 0.0909. The number of carbonyl (C=O) groups is 1. The molecule has 0 aliphatic rings. The lowest BCUT2D eigenvalue weighted by atomic mass is 10.1. The lowest BCUT2D eigenvalue weighted by Crippen LogP contribution is -2.03. The molecule has 0 amide bonds. The van der Waals surface area contributed by atoms with Crippen LogP contribution >= 0.6 is 22.6 Å². The first-order chi connectivity index (χ1) is 10.2. The van der Waals surface area contributed by atoms with Crippen molar-refractivity contribution in [3.8, 4) is 5.75 Å². The van der Waals surface area contributed by atoms with Crippen LogP contribution in [0.5, 0.6) is 5.75 Å².